The first-order valence-corrected chi connectivity index (χ1v) is 6.70. The van der Waals surface area contributed by atoms with Crippen LogP contribution in [-0.4, -0.2) is 19.6 Å². The summed E-state index contributed by atoms with van der Waals surface area (Å²) in [6, 6.07) is 8.19. The molecule has 98 valence electrons. The van der Waals surface area contributed by atoms with Crippen LogP contribution in [-0.2, 0) is 4.74 Å². The van der Waals surface area contributed by atoms with Crippen LogP contribution in [0.25, 0.3) is 0 Å². The molecule has 1 aromatic carbocycles. The van der Waals surface area contributed by atoms with Crippen LogP contribution in [0.4, 0.5) is 0 Å². The van der Waals surface area contributed by atoms with Crippen molar-refractivity contribution in [3.63, 3.8) is 0 Å². The number of hydrogen-bond acceptors (Lipinski definition) is 3. The maximum Gasteiger partial charge on any atom is 0.338 e. The van der Waals surface area contributed by atoms with E-state index in [1.54, 1.807) is 0 Å². The summed E-state index contributed by atoms with van der Waals surface area (Å²) in [5.41, 5.74) is 1.89. The molecule has 0 heterocycles. The Morgan fingerprint density at radius 1 is 1.39 bits per heavy atom. The molecule has 1 saturated carbocycles. The topological polar surface area (TPSA) is 38.3 Å². The van der Waals surface area contributed by atoms with E-state index in [4.69, 9.17) is 4.74 Å². The molecule has 1 N–H and O–H groups in total. The molecule has 0 spiro atoms. The highest BCUT2D eigenvalue weighted by molar-refractivity contribution is 5.89. The predicted molar refractivity (Wildman–Crippen MR) is 71.5 cm³/mol. The Kier molecular flexibility index (Phi) is 4.37. The fraction of sp³-hybridized carbons (Fsp3) is 0.533. The van der Waals surface area contributed by atoms with Crippen molar-refractivity contribution in [2.24, 2.45) is 5.92 Å². The van der Waals surface area contributed by atoms with Gasteiger partial charge in [0, 0.05) is 6.04 Å². The second-order valence-electron chi connectivity index (χ2n) is 4.80. The van der Waals surface area contributed by atoms with Crippen molar-refractivity contribution in [2.45, 2.75) is 32.2 Å². The summed E-state index contributed by atoms with van der Waals surface area (Å²) in [6.07, 6.45) is 3.93. The molecule has 2 rings (SSSR count). The van der Waals surface area contributed by atoms with Crippen LogP contribution in [0.1, 0.15) is 48.1 Å². The molecule has 0 aliphatic heterocycles. The third-order valence-corrected chi connectivity index (χ3v) is 3.71. The monoisotopic (exact) mass is 247 g/mol. The first-order valence-electron chi connectivity index (χ1n) is 6.70. The zero-order valence-corrected chi connectivity index (χ0v) is 11.1. The average molecular weight is 247 g/mol. The molecule has 1 aliphatic carbocycles. The van der Waals surface area contributed by atoms with Crippen molar-refractivity contribution in [1.82, 2.24) is 5.32 Å². The summed E-state index contributed by atoms with van der Waals surface area (Å²) < 4.78 is 4.98. The van der Waals surface area contributed by atoms with Gasteiger partial charge in [-0.15, -0.1) is 0 Å². The Balaban J connectivity index is 2.08. The van der Waals surface area contributed by atoms with Crippen LogP contribution in [0.15, 0.2) is 24.3 Å². The fourth-order valence-electron chi connectivity index (χ4n) is 2.49. The van der Waals surface area contributed by atoms with Crippen LogP contribution >= 0.6 is 0 Å². The predicted octanol–water partition coefficient (Wildman–Crippen LogP) is 2.92. The number of ether oxygens (including phenoxy) is 1. The highest BCUT2D eigenvalue weighted by atomic mass is 16.5. The van der Waals surface area contributed by atoms with Gasteiger partial charge in [0.1, 0.15) is 0 Å². The van der Waals surface area contributed by atoms with Gasteiger partial charge in [-0.25, -0.2) is 4.79 Å². The van der Waals surface area contributed by atoms with E-state index in [1.165, 1.54) is 24.8 Å². The number of carbonyl (C=O) groups is 1. The molecular formula is C15H21NO2. The lowest BCUT2D eigenvalue weighted by atomic mass is 9.77. The van der Waals surface area contributed by atoms with Gasteiger partial charge in [-0.3, -0.25) is 0 Å². The van der Waals surface area contributed by atoms with Crippen LogP contribution < -0.4 is 5.32 Å². The Bertz CT molecular complexity index is 395. The first-order chi connectivity index (χ1) is 8.76. The summed E-state index contributed by atoms with van der Waals surface area (Å²) in [5, 5.41) is 3.38. The zero-order chi connectivity index (χ0) is 13.0. The van der Waals surface area contributed by atoms with E-state index in [-0.39, 0.29) is 5.97 Å². The maximum atomic E-state index is 11.6. The third-order valence-electron chi connectivity index (χ3n) is 3.71. The number of rotatable bonds is 5. The van der Waals surface area contributed by atoms with Gasteiger partial charge in [-0.2, -0.15) is 0 Å². The van der Waals surface area contributed by atoms with E-state index in [9.17, 15) is 4.79 Å². The molecule has 1 aliphatic rings. The largest absolute Gasteiger partial charge is 0.462 e. The van der Waals surface area contributed by atoms with Gasteiger partial charge in [0.15, 0.2) is 0 Å². The molecule has 1 fully saturated rings. The molecule has 18 heavy (non-hydrogen) atoms. The Hall–Kier alpha value is -1.35. The summed E-state index contributed by atoms with van der Waals surface area (Å²) in [6.45, 7) is 2.24. The molecule has 0 bridgehead atoms. The highest BCUT2D eigenvalue weighted by Crippen LogP contribution is 2.37. The normalized spacial score (nSPS) is 17.0. The lowest BCUT2D eigenvalue weighted by Gasteiger charge is -2.34. The molecule has 0 amide bonds. The van der Waals surface area contributed by atoms with Crippen LogP contribution in [0.3, 0.4) is 0 Å². The number of hydrogen-bond donors (Lipinski definition) is 1. The lowest BCUT2D eigenvalue weighted by molar-refractivity contribution is 0.0526. The fourth-order valence-corrected chi connectivity index (χ4v) is 2.49. The van der Waals surface area contributed by atoms with Gasteiger partial charge >= 0.3 is 5.97 Å². The van der Waals surface area contributed by atoms with Gasteiger partial charge in [-0.05, 0) is 50.4 Å². The molecule has 0 saturated heterocycles. The van der Waals surface area contributed by atoms with Crippen molar-refractivity contribution >= 4 is 5.97 Å². The summed E-state index contributed by atoms with van der Waals surface area (Å²) in [7, 11) is 2.00. The minimum atomic E-state index is -0.242. The van der Waals surface area contributed by atoms with E-state index < -0.39 is 0 Å². The van der Waals surface area contributed by atoms with Crippen molar-refractivity contribution < 1.29 is 9.53 Å². The van der Waals surface area contributed by atoms with Crippen molar-refractivity contribution in [1.29, 1.82) is 0 Å². The average Bonchev–Trinajstić information content (AvgIpc) is 2.34. The second kappa shape index (κ2) is 6.01. The molecule has 3 nitrogen and oxygen atoms in total. The molecule has 0 aromatic heterocycles. The maximum absolute atomic E-state index is 11.6. The third kappa shape index (κ3) is 2.72. The standard InChI is InChI=1S/C15H21NO2/c1-3-18-15(17)13-9-7-12(8-10-13)14(16-2)11-5-4-6-11/h7-11,14,16H,3-6H2,1-2H3. The zero-order valence-electron chi connectivity index (χ0n) is 11.1. The van der Waals surface area contributed by atoms with Crippen molar-refractivity contribution in [3.8, 4) is 0 Å². The van der Waals surface area contributed by atoms with Crippen LogP contribution in [0, 0.1) is 5.92 Å². The van der Waals surface area contributed by atoms with Crippen molar-refractivity contribution in [3.05, 3.63) is 35.4 Å². The van der Waals surface area contributed by atoms with Gasteiger partial charge < -0.3 is 10.1 Å². The number of nitrogens with one attached hydrogen (secondary N) is 1. The van der Waals surface area contributed by atoms with Gasteiger partial charge in [-0.1, -0.05) is 18.6 Å². The summed E-state index contributed by atoms with van der Waals surface area (Å²) in [4.78, 5) is 11.6. The molecule has 1 atom stereocenters. The van der Waals surface area contributed by atoms with Gasteiger partial charge in [0.25, 0.3) is 0 Å². The molecule has 1 unspecified atom stereocenters. The molecular weight excluding hydrogens is 226 g/mol. The van der Waals surface area contributed by atoms with E-state index in [2.05, 4.69) is 5.32 Å². The van der Waals surface area contributed by atoms with Crippen LogP contribution in [0.5, 0.6) is 0 Å². The number of carbonyl (C=O) groups excluding carboxylic acids is 1. The smallest absolute Gasteiger partial charge is 0.338 e. The second-order valence-corrected chi connectivity index (χ2v) is 4.80. The molecule has 1 aromatic rings. The number of esters is 1. The highest BCUT2D eigenvalue weighted by Gasteiger charge is 2.27. The SMILES string of the molecule is CCOC(=O)c1ccc(C(NC)C2CCC2)cc1. The van der Waals surface area contributed by atoms with E-state index in [1.807, 2.05) is 38.2 Å². The quantitative estimate of drug-likeness (QED) is 0.813. The first kappa shape index (κ1) is 13.1. The van der Waals surface area contributed by atoms with Crippen LogP contribution in [0.2, 0.25) is 0 Å². The number of benzene rings is 1. The Morgan fingerprint density at radius 2 is 2.06 bits per heavy atom. The lowest BCUT2D eigenvalue weighted by Crippen LogP contribution is -2.29. The minimum Gasteiger partial charge on any atom is -0.462 e. The minimum absolute atomic E-state index is 0.242. The van der Waals surface area contributed by atoms with Crippen molar-refractivity contribution in [2.75, 3.05) is 13.7 Å². The van der Waals surface area contributed by atoms with Gasteiger partial charge in [0.05, 0.1) is 12.2 Å². The van der Waals surface area contributed by atoms with E-state index >= 15 is 0 Å². The summed E-state index contributed by atoms with van der Waals surface area (Å²) >= 11 is 0. The van der Waals surface area contributed by atoms with E-state index in [0.717, 1.165) is 5.92 Å². The van der Waals surface area contributed by atoms with E-state index in [0.29, 0.717) is 18.2 Å². The molecule has 0 radical (unpaired) electrons. The molecule has 3 heteroatoms. The summed E-state index contributed by atoms with van der Waals surface area (Å²) in [5.74, 6) is 0.497. The Morgan fingerprint density at radius 3 is 2.50 bits per heavy atom. The Labute approximate surface area is 109 Å². The van der Waals surface area contributed by atoms with Gasteiger partial charge in [0.2, 0.25) is 0 Å².